The number of imidazole rings is 1. The molecule has 0 radical (unpaired) electrons. The molecule has 0 spiro atoms. The lowest BCUT2D eigenvalue weighted by molar-refractivity contribution is 0.0963. The second-order valence-corrected chi connectivity index (χ2v) is 4.11. The van der Waals surface area contributed by atoms with E-state index in [2.05, 4.69) is 15.6 Å². The first-order valence-electron chi connectivity index (χ1n) is 6.02. The zero-order valence-electron chi connectivity index (χ0n) is 10.8. The van der Waals surface area contributed by atoms with Gasteiger partial charge in [-0.2, -0.15) is 0 Å². The van der Waals surface area contributed by atoms with Crippen molar-refractivity contribution in [2.45, 2.75) is 6.54 Å². The molecule has 0 saturated carbocycles. The lowest BCUT2D eigenvalue weighted by Crippen LogP contribution is -2.18. The number of anilines is 2. The smallest absolute Gasteiger partial charge is 0.251 e. The highest BCUT2D eigenvalue weighted by atomic mass is 16.1. The molecule has 1 heterocycles. The monoisotopic (exact) mass is 259 g/mol. The van der Waals surface area contributed by atoms with Gasteiger partial charge in [0.2, 0.25) is 0 Å². The van der Waals surface area contributed by atoms with E-state index in [0.29, 0.717) is 17.8 Å². The van der Waals surface area contributed by atoms with Crippen LogP contribution < -0.4 is 16.4 Å². The van der Waals surface area contributed by atoms with Gasteiger partial charge in [-0.1, -0.05) is 0 Å². The molecule has 2 aromatic rings. The number of benzene rings is 1. The Morgan fingerprint density at radius 2 is 2.32 bits per heavy atom. The van der Waals surface area contributed by atoms with Crippen LogP contribution in [0.5, 0.6) is 0 Å². The molecule has 0 aliphatic heterocycles. The van der Waals surface area contributed by atoms with Gasteiger partial charge in [-0.15, -0.1) is 0 Å². The minimum atomic E-state index is -0.127. The van der Waals surface area contributed by atoms with E-state index in [-0.39, 0.29) is 5.91 Å². The number of carbonyl (C=O) groups excluding carboxylic acids is 1. The SMILES string of the molecule is CNC(=O)c1ccc(N)c(NCCn2ccnc2)c1. The molecule has 0 fully saturated rings. The van der Waals surface area contributed by atoms with Gasteiger partial charge in [-0.05, 0) is 18.2 Å². The van der Waals surface area contributed by atoms with Gasteiger partial charge in [0.25, 0.3) is 5.91 Å². The highest BCUT2D eigenvalue weighted by Gasteiger charge is 2.06. The number of carbonyl (C=O) groups is 1. The molecule has 0 aliphatic carbocycles. The lowest BCUT2D eigenvalue weighted by Gasteiger charge is -2.11. The van der Waals surface area contributed by atoms with E-state index in [9.17, 15) is 4.79 Å². The number of hydrogen-bond acceptors (Lipinski definition) is 4. The molecule has 100 valence electrons. The van der Waals surface area contributed by atoms with E-state index >= 15 is 0 Å². The van der Waals surface area contributed by atoms with Crippen molar-refractivity contribution >= 4 is 17.3 Å². The summed E-state index contributed by atoms with van der Waals surface area (Å²) in [6, 6.07) is 5.18. The summed E-state index contributed by atoms with van der Waals surface area (Å²) < 4.78 is 1.96. The molecule has 1 aromatic carbocycles. The fourth-order valence-electron chi connectivity index (χ4n) is 1.73. The topological polar surface area (TPSA) is 85.0 Å². The van der Waals surface area contributed by atoms with Gasteiger partial charge >= 0.3 is 0 Å². The first-order chi connectivity index (χ1) is 9.20. The minimum Gasteiger partial charge on any atom is -0.397 e. The number of nitrogen functional groups attached to an aromatic ring is 1. The summed E-state index contributed by atoms with van der Waals surface area (Å²) in [5, 5.41) is 5.80. The van der Waals surface area contributed by atoms with Crippen LogP contribution in [0.25, 0.3) is 0 Å². The van der Waals surface area contributed by atoms with Gasteiger partial charge in [-0.3, -0.25) is 4.79 Å². The van der Waals surface area contributed by atoms with Gasteiger partial charge in [0.05, 0.1) is 17.7 Å². The molecule has 0 saturated heterocycles. The number of aromatic nitrogens is 2. The molecule has 1 aromatic heterocycles. The number of hydrogen-bond donors (Lipinski definition) is 3. The van der Waals surface area contributed by atoms with Crippen LogP contribution in [0, 0.1) is 0 Å². The Morgan fingerprint density at radius 1 is 1.47 bits per heavy atom. The van der Waals surface area contributed by atoms with Crippen molar-refractivity contribution in [3.8, 4) is 0 Å². The molecule has 4 N–H and O–H groups in total. The highest BCUT2D eigenvalue weighted by Crippen LogP contribution is 2.19. The largest absolute Gasteiger partial charge is 0.397 e. The third kappa shape index (κ3) is 3.25. The number of nitrogens with zero attached hydrogens (tertiary/aromatic N) is 2. The number of rotatable bonds is 5. The minimum absolute atomic E-state index is 0.127. The molecule has 0 unspecified atom stereocenters. The summed E-state index contributed by atoms with van der Waals surface area (Å²) in [7, 11) is 1.60. The average molecular weight is 259 g/mol. The fourth-order valence-corrected chi connectivity index (χ4v) is 1.73. The summed E-state index contributed by atoms with van der Waals surface area (Å²) in [5.74, 6) is -0.127. The maximum Gasteiger partial charge on any atom is 0.251 e. The summed E-state index contributed by atoms with van der Waals surface area (Å²) in [6.07, 6.45) is 5.39. The normalized spacial score (nSPS) is 10.2. The van der Waals surface area contributed by atoms with E-state index in [1.165, 1.54) is 0 Å². The van der Waals surface area contributed by atoms with Crippen molar-refractivity contribution in [3.05, 3.63) is 42.5 Å². The Balaban J connectivity index is 2.00. The van der Waals surface area contributed by atoms with Crippen molar-refractivity contribution in [2.24, 2.45) is 0 Å². The molecule has 6 heteroatoms. The van der Waals surface area contributed by atoms with E-state index in [1.54, 1.807) is 37.8 Å². The highest BCUT2D eigenvalue weighted by molar-refractivity contribution is 5.96. The van der Waals surface area contributed by atoms with Gasteiger partial charge in [0.1, 0.15) is 0 Å². The maximum atomic E-state index is 11.5. The number of amides is 1. The van der Waals surface area contributed by atoms with Crippen LogP contribution in [0.1, 0.15) is 10.4 Å². The van der Waals surface area contributed by atoms with E-state index < -0.39 is 0 Å². The first-order valence-corrected chi connectivity index (χ1v) is 6.02. The molecule has 2 rings (SSSR count). The Morgan fingerprint density at radius 3 is 3.00 bits per heavy atom. The molecule has 1 amide bonds. The predicted octanol–water partition coefficient (Wildman–Crippen LogP) is 0.937. The van der Waals surface area contributed by atoms with E-state index in [0.717, 1.165) is 12.2 Å². The second-order valence-electron chi connectivity index (χ2n) is 4.11. The Labute approximate surface area is 111 Å². The molecular formula is C13H17N5O. The lowest BCUT2D eigenvalue weighted by atomic mass is 10.1. The maximum absolute atomic E-state index is 11.5. The summed E-state index contributed by atoms with van der Waals surface area (Å²) >= 11 is 0. The van der Waals surface area contributed by atoms with Crippen LogP contribution in [0.15, 0.2) is 36.9 Å². The second kappa shape index (κ2) is 5.90. The van der Waals surface area contributed by atoms with Gasteiger partial charge < -0.3 is 20.9 Å². The van der Waals surface area contributed by atoms with Crippen LogP contribution in [0.3, 0.4) is 0 Å². The van der Waals surface area contributed by atoms with Crippen molar-refractivity contribution in [2.75, 3.05) is 24.6 Å². The van der Waals surface area contributed by atoms with Gasteiger partial charge in [0, 0.05) is 38.1 Å². The molecule has 0 atom stereocenters. The van der Waals surface area contributed by atoms with Gasteiger partial charge in [0.15, 0.2) is 0 Å². The zero-order valence-corrected chi connectivity index (χ0v) is 10.8. The number of nitrogens with one attached hydrogen (secondary N) is 2. The van der Waals surface area contributed by atoms with Crippen LogP contribution in [-0.2, 0) is 6.54 Å². The fraction of sp³-hybridized carbons (Fsp3) is 0.231. The number of nitrogens with two attached hydrogens (primary N) is 1. The van der Waals surface area contributed by atoms with Crippen molar-refractivity contribution in [1.82, 2.24) is 14.9 Å². The standard InChI is InChI=1S/C13H17N5O/c1-15-13(19)10-2-3-11(14)12(8-10)17-5-7-18-6-4-16-9-18/h2-4,6,8-9,17H,5,7,14H2,1H3,(H,15,19). The first kappa shape index (κ1) is 12.9. The molecule has 0 aliphatic rings. The summed E-state index contributed by atoms with van der Waals surface area (Å²) in [4.78, 5) is 15.5. The molecule has 6 nitrogen and oxygen atoms in total. The zero-order chi connectivity index (χ0) is 13.7. The van der Waals surface area contributed by atoms with Crippen LogP contribution in [0.4, 0.5) is 11.4 Å². The quantitative estimate of drug-likeness (QED) is 0.698. The van der Waals surface area contributed by atoms with Gasteiger partial charge in [-0.25, -0.2) is 4.98 Å². The van der Waals surface area contributed by atoms with Crippen molar-refractivity contribution in [3.63, 3.8) is 0 Å². The van der Waals surface area contributed by atoms with E-state index in [4.69, 9.17) is 5.73 Å². The third-order valence-corrected chi connectivity index (χ3v) is 2.79. The predicted molar refractivity (Wildman–Crippen MR) is 75.0 cm³/mol. The molecule has 19 heavy (non-hydrogen) atoms. The summed E-state index contributed by atoms with van der Waals surface area (Å²) in [5.41, 5.74) is 7.85. The molecule has 0 bridgehead atoms. The Kier molecular flexibility index (Phi) is 4.02. The van der Waals surface area contributed by atoms with Crippen molar-refractivity contribution in [1.29, 1.82) is 0 Å². The molecular weight excluding hydrogens is 242 g/mol. The third-order valence-electron chi connectivity index (χ3n) is 2.79. The van der Waals surface area contributed by atoms with E-state index in [1.807, 2.05) is 10.8 Å². The average Bonchev–Trinajstić information content (AvgIpc) is 2.93. The Bertz CT molecular complexity index is 550. The van der Waals surface area contributed by atoms with Crippen LogP contribution >= 0.6 is 0 Å². The summed E-state index contributed by atoms with van der Waals surface area (Å²) in [6.45, 7) is 1.49. The Hall–Kier alpha value is -2.50. The van der Waals surface area contributed by atoms with Crippen LogP contribution in [0.2, 0.25) is 0 Å². The van der Waals surface area contributed by atoms with Crippen LogP contribution in [-0.4, -0.2) is 29.1 Å². The van der Waals surface area contributed by atoms with Crippen molar-refractivity contribution < 1.29 is 4.79 Å².